The largest absolute Gasteiger partial charge is 0.490 e. The summed E-state index contributed by atoms with van der Waals surface area (Å²) in [6, 6.07) is 3.96. The van der Waals surface area contributed by atoms with E-state index in [1.54, 1.807) is 0 Å². The van der Waals surface area contributed by atoms with Crippen LogP contribution in [-0.2, 0) is 0 Å². The maximum atomic E-state index is 13.2. The maximum absolute atomic E-state index is 13.2. The molecular weight excluding hydrogens is 278 g/mol. The molecule has 1 aromatic carbocycles. The van der Waals surface area contributed by atoms with Crippen LogP contribution < -0.4 is 4.74 Å². The van der Waals surface area contributed by atoms with Crippen molar-refractivity contribution in [3.63, 3.8) is 0 Å². The minimum atomic E-state index is -0.910. The molecule has 0 fully saturated rings. The minimum absolute atomic E-state index is 0.0120. The van der Waals surface area contributed by atoms with Crippen LogP contribution in [0.25, 0.3) is 0 Å². The lowest BCUT2D eigenvalue weighted by molar-refractivity contribution is 0.242. The summed E-state index contributed by atoms with van der Waals surface area (Å²) in [4.78, 5) is 0. The number of benzene rings is 1. The molecule has 16 heavy (non-hydrogen) atoms. The summed E-state index contributed by atoms with van der Waals surface area (Å²) in [6.45, 7) is 2.48. The van der Waals surface area contributed by atoms with Gasteiger partial charge in [-0.15, -0.1) is 0 Å². The van der Waals surface area contributed by atoms with Crippen LogP contribution in [0.15, 0.2) is 18.2 Å². The van der Waals surface area contributed by atoms with Gasteiger partial charge in [0, 0.05) is 11.2 Å². The summed E-state index contributed by atoms with van der Waals surface area (Å²) in [5.74, 6) is -1.47. The standard InChI is InChI=1S/C12H15BrF2O/c1-2-4-9(7-13)8-16-11-6-3-5-10(14)12(11)15/h3,5-6,9H,2,4,7-8H2,1H3. The van der Waals surface area contributed by atoms with Crippen molar-refractivity contribution < 1.29 is 13.5 Å². The van der Waals surface area contributed by atoms with E-state index in [2.05, 4.69) is 22.9 Å². The van der Waals surface area contributed by atoms with Crippen LogP contribution in [0.3, 0.4) is 0 Å². The van der Waals surface area contributed by atoms with Gasteiger partial charge in [0.1, 0.15) is 0 Å². The Bertz CT molecular complexity index is 331. The van der Waals surface area contributed by atoms with Crippen molar-refractivity contribution in [3.8, 4) is 5.75 Å². The van der Waals surface area contributed by atoms with Gasteiger partial charge < -0.3 is 4.74 Å². The molecule has 0 saturated heterocycles. The van der Waals surface area contributed by atoms with E-state index in [1.165, 1.54) is 12.1 Å². The van der Waals surface area contributed by atoms with Gasteiger partial charge in [-0.2, -0.15) is 4.39 Å². The zero-order chi connectivity index (χ0) is 12.0. The van der Waals surface area contributed by atoms with Gasteiger partial charge in [-0.25, -0.2) is 4.39 Å². The molecule has 1 unspecified atom stereocenters. The molecule has 0 aliphatic heterocycles. The van der Waals surface area contributed by atoms with Crippen molar-refractivity contribution in [2.45, 2.75) is 19.8 Å². The van der Waals surface area contributed by atoms with Crippen LogP contribution in [0.4, 0.5) is 8.78 Å². The Kier molecular flexibility index (Phi) is 5.74. The van der Waals surface area contributed by atoms with Gasteiger partial charge in [0.25, 0.3) is 0 Å². The van der Waals surface area contributed by atoms with Crippen molar-refractivity contribution in [1.29, 1.82) is 0 Å². The van der Waals surface area contributed by atoms with Crippen LogP contribution in [0, 0.1) is 17.6 Å². The molecule has 1 nitrogen and oxygen atoms in total. The molecule has 0 radical (unpaired) electrons. The summed E-state index contributed by atoms with van der Waals surface area (Å²) < 4.78 is 31.4. The zero-order valence-corrected chi connectivity index (χ0v) is 10.8. The molecule has 1 atom stereocenters. The fourth-order valence-electron chi connectivity index (χ4n) is 1.42. The molecule has 0 bridgehead atoms. The van der Waals surface area contributed by atoms with Crippen LogP contribution in [0.1, 0.15) is 19.8 Å². The lowest BCUT2D eigenvalue weighted by atomic mass is 10.1. The third kappa shape index (κ3) is 3.74. The number of hydrogen-bond acceptors (Lipinski definition) is 1. The van der Waals surface area contributed by atoms with E-state index < -0.39 is 11.6 Å². The highest BCUT2D eigenvalue weighted by Crippen LogP contribution is 2.20. The highest BCUT2D eigenvalue weighted by molar-refractivity contribution is 9.09. The number of hydrogen-bond donors (Lipinski definition) is 0. The van der Waals surface area contributed by atoms with Crippen LogP contribution in [0.2, 0.25) is 0 Å². The summed E-state index contributed by atoms with van der Waals surface area (Å²) in [5, 5.41) is 0.803. The zero-order valence-electron chi connectivity index (χ0n) is 9.18. The quantitative estimate of drug-likeness (QED) is 0.716. The molecule has 90 valence electrons. The molecule has 0 saturated carbocycles. The second kappa shape index (κ2) is 6.84. The Morgan fingerprint density at radius 2 is 2.12 bits per heavy atom. The van der Waals surface area contributed by atoms with Gasteiger partial charge in [-0.3, -0.25) is 0 Å². The second-order valence-electron chi connectivity index (χ2n) is 3.67. The number of alkyl halides is 1. The Balaban J connectivity index is 2.56. The average Bonchev–Trinajstić information content (AvgIpc) is 2.29. The Morgan fingerprint density at radius 3 is 2.75 bits per heavy atom. The van der Waals surface area contributed by atoms with E-state index in [0.717, 1.165) is 24.2 Å². The molecule has 0 aromatic heterocycles. The van der Waals surface area contributed by atoms with Crippen LogP contribution >= 0.6 is 15.9 Å². The van der Waals surface area contributed by atoms with E-state index in [0.29, 0.717) is 12.5 Å². The van der Waals surface area contributed by atoms with Gasteiger partial charge in [0.05, 0.1) is 6.61 Å². The van der Waals surface area contributed by atoms with Crippen LogP contribution in [-0.4, -0.2) is 11.9 Å². The molecule has 0 heterocycles. The Hall–Kier alpha value is -0.640. The fraction of sp³-hybridized carbons (Fsp3) is 0.500. The Morgan fingerprint density at radius 1 is 1.38 bits per heavy atom. The smallest absolute Gasteiger partial charge is 0.200 e. The van der Waals surface area contributed by atoms with Crippen molar-refractivity contribution in [1.82, 2.24) is 0 Å². The minimum Gasteiger partial charge on any atom is -0.490 e. The molecule has 0 aliphatic rings. The third-order valence-corrected chi connectivity index (χ3v) is 3.22. The molecule has 1 rings (SSSR count). The van der Waals surface area contributed by atoms with E-state index >= 15 is 0 Å². The first kappa shape index (κ1) is 13.4. The molecule has 0 aliphatic carbocycles. The van der Waals surface area contributed by atoms with Gasteiger partial charge in [-0.05, 0) is 18.6 Å². The van der Waals surface area contributed by atoms with E-state index in [1.807, 2.05) is 0 Å². The summed E-state index contributed by atoms with van der Waals surface area (Å²) >= 11 is 3.38. The van der Waals surface area contributed by atoms with E-state index in [4.69, 9.17) is 4.74 Å². The second-order valence-corrected chi connectivity index (χ2v) is 4.32. The topological polar surface area (TPSA) is 9.23 Å². The SMILES string of the molecule is CCCC(CBr)COc1cccc(F)c1F. The normalized spacial score (nSPS) is 12.5. The molecule has 1 aromatic rings. The van der Waals surface area contributed by atoms with Crippen molar-refractivity contribution in [2.75, 3.05) is 11.9 Å². The van der Waals surface area contributed by atoms with Gasteiger partial charge in [0.2, 0.25) is 5.82 Å². The Labute approximate surface area is 103 Å². The highest BCUT2D eigenvalue weighted by Gasteiger charge is 2.11. The predicted molar refractivity (Wildman–Crippen MR) is 64.0 cm³/mol. The first-order valence-corrected chi connectivity index (χ1v) is 6.44. The number of ether oxygens (including phenoxy) is 1. The van der Waals surface area contributed by atoms with E-state index in [9.17, 15) is 8.78 Å². The summed E-state index contributed by atoms with van der Waals surface area (Å²) in [6.07, 6.45) is 2.05. The monoisotopic (exact) mass is 292 g/mol. The fourth-order valence-corrected chi connectivity index (χ4v) is 1.93. The highest BCUT2D eigenvalue weighted by atomic mass is 79.9. The molecular formula is C12H15BrF2O. The predicted octanol–water partition coefficient (Wildman–Crippen LogP) is 4.15. The van der Waals surface area contributed by atoms with Crippen molar-refractivity contribution >= 4 is 15.9 Å². The van der Waals surface area contributed by atoms with Gasteiger partial charge in [-0.1, -0.05) is 35.3 Å². The van der Waals surface area contributed by atoms with Crippen LogP contribution in [0.5, 0.6) is 5.75 Å². The average molecular weight is 293 g/mol. The first-order chi connectivity index (χ1) is 7.69. The molecule has 0 amide bonds. The first-order valence-electron chi connectivity index (χ1n) is 5.31. The molecule has 4 heteroatoms. The third-order valence-electron chi connectivity index (χ3n) is 2.31. The summed E-state index contributed by atoms with van der Waals surface area (Å²) in [7, 11) is 0. The lowest BCUT2D eigenvalue weighted by Gasteiger charge is -2.14. The van der Waals surface area contributed by atoms with Gasteiger partial charge in [0.15, 0.2) is 11.6 Å². The maximum Gasteiger partial charge on any atom is 0.200 e. The molecule has 0 spiro atoms. The van der Waals surface area contributed by atoms with Gasteiger partial charge >= 0.3 is 0 Å². The van der Waals surface area contributed by atoms with Crippen molar-refractivity contribution in [2.24, 2.45) is 5.92 Å². The molecule has 0 N–H and O–H groups in total. The number of halogens is 3. The number of rotatable bonds is 6. The van der Waals surface area contributed by atoms with E-state index in [-0.39, 0.29) is 5.75 Å². The van der Waals surface area contributed by atoms with Crippen molar-refractivity contribution in [3.05, 3.63) is 29.8 Å². The lowest BCUT2D eigenvalue weighted by Crippen LogP contribution is -2.14. The summed E-state index contributed by atoms with van der Waals surface area (Å²) in [5.41, 5.74) is 0.